The lowest BCUT2D eigenvalue weighted by atomic mass is 10.2. The average molecular weight is 452 g/mol. The Kier molecular flexibility index (Phi) is 6.39. The van der Waals surface area contributed by atoms with Crippen LogP contribution >= 0.6 is 11.8 Å². The molecule has 2 amide bonds. The van der Waals surface area contributed by atoms with Gasteiger partial charge in [-0.15, -0.1) is 0 Å². The van der Waals surface area contributed by atoms with Crippen LogP contribution in [0.4, 0.5) is 4.39 Å². The monoisotopic (exact) mass is 451 g/mol. The van der Waals surface area contributed by atoms with Crippen LogP contribution in [0.5, 0.6) is 0 Å². The van der Waals surface area contributed by atoms with E-state index in [2.05, 4.69) is 15.5 Å². The fourth-order valence-corrected chi connectivity index (χ4v) is 5.38. The first-order valence-corrected chi connectivity index (χ1v) is 10.9. The number of rotatable bonds is 7. The Bertz CT molecular complexity index is 1130. The number of nitrogens with zero attached hydrogens (tertiary/aromatic N) is 2. The Morgan fingerprint density at radius 3 is 2.60 bits per heavy atom. The molecular formula is C18H18FN5O4S2. The molecule has 3 rings (SSSR count). The number of allylic oxidation sites excluding steroid dienone is 1. The summed E-state index contributed by atoms with van der Waals surface area (Å²) >= 11 is 0.722. The van der Waals surface area contributed by atoms with Gasteiger partial charge in [-0.25, -0.2) is 12.8 Å². The first-order chi connectivity index (χ1) is 14.2. The van der Waals surface area contributed by atoms with Gasteiger partial charge in [0.2, 0.25) is 15.9 Å². The molecule has 2 heterocycles. The third kappa shape index (κ3) is 4.78. The zero-order chi connectivity index (χ0) is 21.9. The van der Waals surface area contributed by atoms with E-state index in [1.807, 2.05) is 0 Å². The van der Waals surface area contributed by atoms with Gasteiger partial charge in [0.1, 0.15) is 15.7 Å². The lowest BCUT2D eigenvalue weighted by Crippen LogP contribution is -2.31. The van der Waals surface area contributed by atoms with Crippen LogP contribution in [0, 0.1) is 5.82 Å². The summed E-state index contributed by atoms with van der Waals surface area (Å²) in [5.74, 6) is -1.81. The zero-order valence-electron chi connectivity index (χ0n) is 15.8. The van der Waals surface area contributed by atoms with E-state index in [1.165, 1.54) is 49.7 Å². The lowest BCUT2D eigenvalue weighted by Gasteiger charge is -2.23. The number of nitrogens with two attached hydrogens (primary N) is 1. The van der Waals surface area contributed by atoms with E-state index in [1.54, 1.807) is 0 Å². The molecule has 0 unspecified atom stereocenters. The van der Waals surface area contributed by atoms with Crippen molar-refractivity contribution in [3.63, 3.8) is 0 Å². The van der Waals surface area contributed by atoms with E-state index in [9.17, 15) is 22.4 Å². The molecule has 0 fully saturated rings. The molecule has 0 aliphatic carbocycles. The first kappa shape index (κ1) is 21.7. The number of primary amides is 1. The molecule has 2 aromatic rings. The van der Waals surface area contributed by atoms with Crippen molar-refractivity contribution in [2.45, 2.75) is 13.0 Å². The van der Waals surface area contributed by atoms with E-state index in [0.29, 0.717) is 5.56 Å². The van der Waals surface area contributed by atoms with Gasteiger partial charge in [0, 0.05) is 26.2 Å². The number of H-pyrrole nitrogens is 1. The quantitative estimate of drug-likeness (QED) is 0.582. The van der Waals surface area contributed by atoms with Gasteiger partial charge in [0.15, 0.2) is 0 Å². The summed E-state index contributed by atoms with van der Waals surface area (Å²) in [6, 6.07) is 6.90. The Morgan fingerprint density at radius 2 is 2.00 bits per heavy atom. The van der Waals surface area contributed by atoms with Gasteiger partial charge in [-0.1, -0.05) is 30.0 Å². The van der Waals surface area contributed by atoms with Crippen molar-refractivity contribution in [2.75, 3.05) is 7.05 Å². The van der Waals surface area contributed by atoms with E-state index in [4.69, 9.17) is 5.73 Å². The maximum Gasteiger partial charge on any atom is 0.276 e. The summed E-state index contributed by atoms with van der Waals surface area (Å²) in [5.41, 5.74) is 6.13. The Labute approximate surface area is 176 Å². The highest BCUT2D eigenvalue weighted by atomic mass is 32.3. The zero-order valence-corrected chi connectivity index (χ0v) is 17.4. The molecule has 0 saturated heterocycles. The molecule has 158 valence electrons. The van der Waals surface area contributed by atoms with Gasteiger partial charge < -0.3 is 11.1 Å². The molecule has 0 bridgehead atoms. The summed E-state index contributed by atoms with van der Waals surface area (Å²) in [4.78, 5) is 24.0. The van der Waals surface area contributed by atoms with Crippen molar-refractivity contribution in [1.29, 1.82) is 0 Å². The first-order valence-electron chi connectivity index (χ1n) is 8.61. The molecule has 1 aliphatic rings. The number of aromatic nitrogens is 2. The van der Waals surface area contributed by atoms with Gasteiger partial charge >= 0.3 is 0 Å². The summed E-state index contributed by atoms with van der Waals surface area (Å²) in [7, 11) is -2.55. The Morgan fingerprint density at radius 1 is 1.30 bits per heavy atom. The summed E-state index contributed by atoms with van der Waals surface area (Å²) in [6.45, 7) is 0.0157. The number of hydrogen-bond donors (Lipinski definition) is 3. The molecule has 1 aliphatic heterocycles. The van der Waals surface area contributed by atoms with Crippen LogP contribution < -0.4 is 11.1 Å². The second kappa shape index (κ2) is 8.81. The molecule has 0 saturated carbocycles. The smallest absolute Gasteiger partial charge is 0.276 e. The summed E-state index contributed by atoms with van der Waals surface area (Å²) < 4.78 is 40.1. The summed E-state index contributed by atoms with van der Waals surface area (Å²) in [6.07, 6.45) is 2.76. The van der Waals surface area contributed by atoms with E-state index in [-0.39, 0.29) is 33.5 Å². The minimum atomic E-state index is -3.94. The minimum Gasteiger partial charge on any atom is -0.366 e. The number of sulfonamides is 1. The largest absolute Gasteiger partial charge is 0.366 e. The molecule has 0 spiro atoms. The van der Waals surface area contributed by atoms with Crippen LogP contribution in [0.1, 0.15) is 22.5 Å². The van der Waals surface area contributed by atoms with Crippen LogP contribution in [-0.4, -0.2) is 41.8 Å². The van der Waals surface area contributed by atoms with Crippen LogP contribution in [0.3, 0.4) is 0 Å². The van der Waals surface area contributed by atoms with Crippen molar-refractivity contribution in [3.8, 4) is 0 Å². The number of thioether (sulfide) groups is 1. The molecule has 0 atom stereocenters. The van der Waals surface area contributed by atoms with Gasteiger partial charge in [0.05, 0.1) is 10.6 Å². The maximum atomic E-state index is 13.1. The number of carbonyl (C=O) groups excluding carboxylic acids is 2. The number of benzene rings is 1. The van der Waals surface area contributed by atoms with Crippen molar-refractivity contribution >= 4 is 33.6 Å². The number of amides is 2. The predicted octanol–water partition coefficient (Wildman–Crippen LogP) is 1.42. The molecule has 1 aromatic carbocycles. The van der Waals surface area contributed by atoms with Crippen molar-refractivity contribution in [2.24, 2.45) is 5.73 Å². The minimum absolute atomic E-state index is 0.0157. The second-order valence-corrected chi connectivity index (χ2v) is 9.63. The lowest BCUT2D eigenvalue weighted by molar-refractivity contribution is -0.114. The van der Waals surface area contributed by atoms with Gasteiger partial charge in [0.25, 0.3) is 5.91 Å². The number of aromatic amines is 1. The fraction of sp³-hybridized carbons (Fsp3) is 0.167. The standard InChI is InChI=1S/C18H18FN5O4S2/c1-24(10-11-2-4-12(19)5-3-11)30(27,28)15-7-6-13(16(20)25)18(29-15)22-17(26)14-8-9-21-23-14/h2-5,7-9H,6,10H2,1H3,(H2,20,25)(H,21,23)(H,22,26). The highest BCUT2D eigenvalue weighted by Gasteiger charge is 2.31. The van der Waals surface area contributed by atoms with Gasteiger partial charge in [-0.2, -0.15) is 9.40 Å². The van der Waals surface area contributed by atoms with Crippen LogP contribution in [0.25, 0.3) is 0 Å². The number of halogens is 1. The van der Waals surface area contributed by atoms with Crippen molar-refractivity contribution in [3.05, 3.63) is 74.5 Å². The fourth-order valence-electron chi connectivity index (χ4n) is 2.59. The number of hydrogen-bond acceptors (Lipinski definition) is 6. The molecule has 0 radical (unpaired) electrons. The number of carbonyl (C=O) groups is 2. The second-order valence-electron chi connectivity index (χ2n) is 6.30. The van der Waals surface area contributed by atoms with Crippen molar-refractivity contribution < 1.29 is 22.4 Å². The molecule has 30 heavy (non-hydrogen) atoms. The highest BCUT2D eigenvalue weighted by Crippen LogP contribution is 2.37. The van der Waals surface area contributed by atoms with Crippen LogP contribution in [-0.2, 0) is 21.4 Å². The van der Waals surface area contributed by atoms with Gasteiger partial charge in [-0.05, 0) is 23.8 Å². The molecule has 9 nitrogen and oxygen atoms in total. The van der Waals surface area contributed by atoms with Crippen molar-refractivity contribution in [1.82, 2.24) is 19.8 Å². The normalized spacial score (nSPS) is 14.6. The maximum absolute atomic E-state index is 13.1. The van der Waals surface area contributed by atoms with E-state index >= 15 is 0 Å². The van der Waals surface area contributed by atoms with Crippen LogP contribution in [0.2, 0.25) is 0 Å². The molecule has 1 aromatic heterocycles. The van der Waals surface area contributed by atoms with E-state index in [0.717, 1.165) is 16.1 Å². The van der Waals surface area contributed by atoms with Crippen LogP contribution in [0.15, 0.2) is 57.4 Å². The topological polar surface area (TPSA) is 138 Å². The number of nitrogens with one attached hydrogen (secondary N) is 2. The highest BCUT2D eigenvalue weighted by molar-refractivity contribution is 8.20. The van der Waals surface area contributed by atoms with E-state index < -0.39 is 27.7 Å². The third-order valence-corrected chi connectivity index (χ3v) is 7.62. The average Bonchev–Trinajstić information content (AvgIpc) is 3.24. The predicted molar refractivity (Wildman–Crippen MR) is 109 cm³/mol. The molecule has 4 N–H and O–H groups in total. The SMILES string of the molecule is CN(Cc1ccc(F)cc1)S(=O)(=O)C1=CCC(C(N)=O)=C(NC(=O)c2cc[nH]n2)S1. The molecular weight excluding hydrogens is 433 g/mol. The molecule has 12 heteroatoms. The summed E-state index contributed by atoms with van der Waals surface area (Å²) in [5, 5.41) is 8.78. The Hall–Kier alpha value is -2.96. The Balaban J connectivity index is 1.79. The third-order valence-electron chi connectivity index (χ3n) is 4.19. The van der Waals surface area contributed by atoms with Gasteiger partial charge in [-0.3, -0.25) is 14.7 Å².